The Morgan fingerprint density at radius 1 is 1.31 bits per heavy atom. The number of nitrogens with zero attached hydrogens (tertiary/aromatic N) is 3. The zero-order chi connectivity index (χ0) is 25.3. The third-order valence-corrected chi connectivity index (χ3v) is 6.19. The van der Waals surface area contributed by atoms with Crippen LogP contribution in [0.5, 0.6) is 11.5 Å². The van der Waals surface area contributed by atoms with Gasteiger partial charge < -0.3 is 19.0 Å². The van der Waals surface area contributed by atoms with Crippen molar-refractivity contribution in [1.82, 2.24) is 4.57 Å². The van der Waals surface area contributed by atoms with E-state index >= 15 is 0 Å². The number of allylic oxidation sites excluding steroid dienone is 1. The van der Waals surface area contributed by atoms with Crippen LogP contribution in [0.3, 0.4) is 0 Å². The number of phenols is 1. The number of rotatable bonds is 7. The SMILES string of the molecule is CCOC(=O)C1=C(C)n2c(s/c(=C/c3ccc([N+](=O)[O-])o3)c2=O)=N[C@@H]1c1ccc(O)c(OCC)c1. The Balaban J connectivity index is 1.92. The van der Waals surface area contributed by atoms with E-state index < -0.39 is 28.4 Å². The molecule has 0 spiro atoms. The van der Waals surface area contributed by atoms with Crippen molar-refractivity contribution in [1.29, 1.82) is 0 Å². The summed E-state index contributed by atoms with van der Waals surface area (Å²) in [6.45, 7) is 5.53. The van der Waals surface area contributed by atoms with Gasteiger partial charge in [0.25, 0.3) is 5.56 Å². The molecule has 1 aromatic carbocycles. The molecule has 3 heterocycles. The number of carbonyl (C=O) groups is 1. The van der Waals surface area contributed by atoms with E-state index in [2.05, 4.69) is 4.99 Å². The Morgan fingerprint density at radius 3 is 2.74 bits per heavy atom. The molecule has 0 bridgehead atoms. The number of fused-ring (bicyclic) bond motifs is 1. The summed E-state index contributed by atoms with van der Waals surface area (Å²) in [5.41, 5.74) is 0.627. The maximum Gasteiger partial charge on any atom is 0.433 e. The number of phenolic OH excluding ortho intramolecular Hbond substituents is 1. The lowest BCUT2D eigenvalue weighted by molar-refractivity contribution is -0.402. The second kappa shape index (κ2) is 9.58. The summed E-state index contributed by atoms with van der Waals surface area (Å²) in [4.78, 5) is 41.3. The minimum Gasteiger partial charge on any atom is -0.504 e. The normalized spacial score (nSPS) is 15.5. The number of esters is 1. The first-order valence-corrected chi connectivity index (χ1v) is 11.5. The summed E-state index contributed by atoms with van der Waals surface area (Å²) in [5, 5.41) is 21.0. The van der Waals surface area contributed by atoms with Gasteiger partial charge in [-0.2, -0.15) is 0 Å². The Kier molecular flexibility index (Phi) is 6.56. The van der Waals surface area contributed by atoms with Crippen LogP contribution in [-0.2, 0) is 9.53 Å². The average Bonchev–Trinajstić information content (AvgIpc) is 3.40. The monoisotopic (exact) mass is 499 g/mol. The largest absolute Gasteiger partial charge is 0.504 e. The summed E-state index contributed by atoms with van der Waals surface area (Å²) < 4.78 is 17.4. The molecule has 11 nitrogen and oxygen atoms in total. The lowest BCUT2D eigenvalue weighted by Gasteiger charge is -2.22. The van der Waals surface area contributed by atoms with Gasteiger partial charge in [0, 0.05) is 11.8 Å². The van der Waals surface area contributed by atoms with Crippen LogP contribution in [0.4, 0.5) is 5.88 Å². The van der Waals surface area contributed by atoms with Crippen molar-refractivity contribution in [2.45, 2.75) is 26.8 Å². The maximum atomic E-state index is 13.2. The molecule has 0 aliphatic carbocycles. The minimum atomic E-state index is -0.815. The molecule has 0 unspecified atom stereocenters. The molecule has 12 heteroatoms. The van der Waals surface area contributed by atoms with Gasteiger partial charge in [0.1, 0.15) is 21.3 Å². The van der Waals surface area contributed by atoms with Crippen LogP contribution in [0.25, 0.3) is 11.8 Å². The van der Waals surface area contributed by atoms with Crippen molar-refractivity contribution in [3.63, 3.8) is 0 Å². The predicted molar refractivity (Wildman–Crippen MR) is 126 cm³/mol. The number of hydrogen-bond acceptors (Lipinski definition) is 10. The quantitative estimate of drug-likeness (QED) is 0.296. The van der Waals surface area contributed by atoms with Crippen LogP contribution in [0.2, 0.25) is 0 Å². The molecule has 0 saturated heterocycles. The van der Waals surface area contributed by atoms with Gasteiger partial charge in [-0.3, -0.25) is 19.5 Å². The molecule has 0 saturated carbocycles. The highest BCUT2D eigenvalue weighted by atomic mass is 32.1. The van der Waals surface area contributed by atoms with Crippen molar-refractivity contribution in [3.05, 3.63) is 77.0 Å². The second-order valence-corrected chi connectivity index (χ2v) is 8.39. The number of furan rings is 1. The zero-order valence-electron chi connectivity index (χ0n) is 19.0. The molecule has 1 aliphatic rings. The molecule has 3 aromatic rings. The first kappa shape index (κ1) is 24.0. The Bertz CT molecular complexity index is 1530. The third kappa shape index (κ3) is 4.47. The smallest absolute Gasteiger partial charge is 0.433 e. The molecule has 2 aromatic heterocycles. The molecule has 0 amide bonds. The highest BCUT2D eigenvalue weighted by Crippen LogP contribution is 2.36. The molecule has 1 atom stereocenters. The van der Waals surface area contributed by atoms with Crippen molar-refractivity contribution < 1.29 is 28.7 Å². The highest BCUT2D eigenvalue weighted by Gasteiger charge is 2.32. The van der Waals surface area contributed by atoms with Crippen LogP contribution in [0.15, 0.2) is 50.1 Å². The third-order valence-electron chi connectivity index (χ3n) is 5.21. The maximum absolute atomic E-state index is 13.2. The van der Waals surface area contributed by atoms with E-state index in [1.165, 1.54) is 28.8 Å². The molecule has 35 heavy (non-hydrogen) atoms. The Morgan fingerprint density at radius 2 is 2.09 bits per heavy atom. The van der Waals surface area contributed by atoms with Crippen LogP contribution in [0, 0.1) is 10.1 Å². The molecule has 0 fully saturated rings. The predicted octanol–water partition coefficient (Wildman–Crippen LogP) is 2.51. The van der Waals surface area contributed by atoms with Crippen LogP contribution in [0.1, 0.15) is 38.1 Å². The Hall–Kier alpha value is -4.19. The number of thiazole rings is 1. The van der Waals surface area contributed by atoms with Gasteiger partial charge in [0.05, 0.1) is 24.9 Å². The van der Waals surface area contributed by atoms with Gasteiger partial charge in [-0.05, 0) is 44.5 Å². The highest BCUT2D eigenvalue weighted by molar-refractivity contribution is 7.07. The standard InChI is InChI=1S/C23H21N3O8S/c1-4-32-16-10-13(6-8-15(16)27)20-19(22(29)33-5-2)12(3)25-21(28)17(35-23(25)24-20)11-14-7-9-18(34-14)26(30)31/h6-11,20,27H,4-5H2,1-3H3/b17-11+/t20-/m1/s1. The number of benzene rings is 1. The van der Waals surface area contributed by atoms with E-state index in [0.29, 0.717) is 22.7 Å². The van der Waals surface area contributed by atoms with E-state index in [9.17, 15) is 24.8 Å². The summed E-state index contributed by atoms with van der Waals surface area (Å²) in [5.74, 6) is -0.746. The summed E-state index contributed by atoms with van der Waals surface area (Å²) in [6.07, 6.45) is 1.39. The lowest BCUT2D eigenvalue weighted by atomic mass is 9.96. The van der Waals surface area contributed by atoms with Crippen LogP contribution in [-0.4, -0.2) is 33.8 Å². The van der Waals surface area contributed by atoms with E-state index in [0.717, 1.165) is 11.3 Å². The number of carbonyl (C=O) groups excluding carboxylic acids is 1. The molecule has 1 aliphatic heterocycles. The molecule has 0 radical (unpaired) electrons. The summed E-state index contributed by atoms with van der Waals surface area (Å²) in [7, 11) is 0. The van der Waals surface area contributed by atoms with Gasteiger partial charge in [-0.1, -0.05) is 17.4 Å². The van der Waals surface area contributed by atoms with E-state index in [-0.39, 0.29) is 34.0 Å². The number of hydrogen-bond donors (Lipinski definition) is 1. The zero-order valence-corrected chi connectivity index (χ0v) is 19.8. The molecular weight excluding hydrogens is 478 g/mol. The second-order valence-electron chi connectivity index (χ2n) is 7.38. The molecule has 4 rings (SSSR count). The van der Waals surface area contributed by atoms with Crippen molar-refractivity contribution >= 4 is 35.0 Å². The fourth-order valence-electron chi connectivity index (χ4n) is 3.68. The number of nitro groups is 1. The number of ether oxygens (including phenoxy) is 2. The Labute approximate surface area is 202 Å². The van der Waals surface area contributed by atoms with Gasteiger partial charge in [-0.25, -0.2) is 9.79 Å². The van der Waals surface area contributed by atoms with Crippen LogP contribution >= 0.6 is 11.3 Å². The average molecular weight is 500 g/mol. The van der Waals surface area contributed by atoms with Crippen LogP contribution < -0.4 is 19.6 Å². The minimum absolute atomic E-state index is 0.0535. The molecule has 182 valence electrons. The number of aromatic nitrogens is 1. The van der Waals surface area contributed by atoms with Gasteiger partial charge in [0.2, 0.25) is 0 Å². The molecular formula is C23H21N3O8S. The number of aromatic hydroxyl groups is 1. The van der Waals surface area contributed by atoms with Gasteiger partial charge >= 0.3 is 11.9 Å². The first-order chi connectivity index (χ1) is 16.7. The van der Waals surface area contributed by atoms with Crippen molar-refractivity contribution in [2.24, 2.45) is 4.99 Å². The van der Waals surface area contributed by atoms with Gasteiger partial charge in [-0.15, -0.1) is 0 Å². The van der Waals surface area contributed by atoms with Gasteiger partial charge in [0.15, 0.2) is 16.3 Å². The lowest BCUT2D eigenvalue weighted by Crippen LogP contribution is -2.35. The first-order valence-electron chi connectivity index (χ1n) is 10.6. The van der Waals surface area contributed by atoms with Crippen molar-refractivity contribution in [2.75, 3.05) is 13.2 Å². The summed E-state index contributed by atoms with van der Waals surface area (Å²) in [6, 6.07) is 6.43. The fourth-order valence-corrected chi connectivity index (χ4v) is 4.70. The molecule has 1 N–H and O–H groups in total. The van der Waals surface area contributed by atoms with E-state index in [4.69, 9.17) is 13.9 Å². The fraction of sp³-hybridized carbons (Fsp3) is 0.261. The topological polar surface area (TPSA) is 146 Å². The van der Waals surface area contributed by atoms with E-state index in [1.54, 1.807) is 32.9 Å². The van der Waals surface area contributed by atoms with E-state index in [1.807, 2.05) is 0 Å². The van der Waals surface area contributed by atoms with Crippen molar-refractivity contribution in [3.8, 4) is 11.5 Å². The summed E-state index contributed by atoms with van der Waals surface area (Å²) >= 11 is 1.05.